The molecule has 25 heavy (non-hydrogen) atoms. The maximum absolute atomic E-state index is 12.9. The molecule has 1 aromatic carbocycles. The SMILES string of the molecule is COc1cccc(/C=C/C(=O)N(c2ccccn2)C2CCCCC2)c1. The van der Waals surface area contributed by atoms with E-state index in [2.05, 4.69) is 4.98 Å². The minimum Gasteiger partial charge on any atom is -0.497 e. The smallest absolute Gasteiger partial charge is 0.252 e. The monoisotopic (exact) mass is 336 g/mol. The van der Waals surface area contributed by atoms with E-state index in [0.717, 1.165) is 30.0 Å². The third-order valence-electron chi connectivity index (χ3n) is 4.59. The van der Waals surface area contributed by atoms with Crippen molar-refractivity contribution in [2.45, 2.75) is 38.1 Å². The van der Waals surface area contributed by atoms with Crippen LogP contribution in [0.2, 0.25) is 0 Å². The molecule has 0 bridgehead atoms. The van der Waals surface area contributed by atoms with Crippen molar-refractivity contribution in [3.63, 3.8) is 0 Å². The Kier molecular flexibility index (Phi) is 5.83. The second kappa shape index (κ2) is 8.47. The van der Waals surface area contributed by atoms with Crippen molar-refractivity contribution in [2.24, 2.45) is 0 Å². The highest BCUT2D eigenvalue weighted by Crippen LogP contribution is 2.26. The fraction of sp³-hybridized carbons (Fsp3) is 0.333. The number of benzene rings is 1. The van der Waals surface area contributed by atoms with E-state index < -0.39 is 0 Å². The molecule has 1 aliphatic carbocycles. The van der Waals surface area contributed by atoms with Gasteiger partial charge in [-0.3, -0.25) is 9.69 Å². The first kappa shape index (κ1) is 17.2. The lowest BCUT2D eigenvalue weighted by molar-refractivity contribution is -0.114. The minimum atomic E-state index is -0.0200. The van der Waals surface area contributed by atoms with Crippen molar-refractivity contribution in [2.75, 3.05) is 12.0 Å². The van der Waals surface area contributed by atoms with Crippen LogP contribution in [0, 0.1) is 0 Å². The van der Waals surface area contributed by atoms with Gasteiger partial charge in [-0.25, -0.2) is 4.98 Å². The normalized spacial score (nSPS) is 15.2. The average Bonchev–Trinajstić information content (AvgIpc) is 2.68. The molecule has 0 N–H and O–H groups in total. The van der Waals surface area contributed by atoms with Crippen LogP contribution < -0.4 is 9.64 Å². The highest BCUT2D eigenvalue weighted by molar-refractivity contribution is 6.03. The Morgan fingerprint density at radius 3 is 2.72 bits per heavy atom. The van der Waals surface area contributed by atoms with E-state index in [-0.39, 0.29) is 11.9 Å². The summed E-state index contributed by atoms with van der Waals surface area (Å²) in [7, 11) is 1.64. The van der Waals surface area contributed by atoms with E-state index >= 15 is 0 Å². The molecular formula is C21H24N2O2. The number of hydrogen-bond acceptors (Lipinski definition) is 3. The summed E-state index contributed by atoms with van der Waals surface area (Å²) in [4.78, 5) is 19.2. The number of hydrogen-bond donors (Lipinski definition) is 0. The van der Waals surface area contributed by atoms with Gasteiger partial charge in [-0.1, -0.05) is 37.5 Å². The Bertz CT molecular complexity index is 722. The molecule has 0 radical (unpaired) electrons. The van der Waals surface area contributed by atoms with Gasteiger partial charge in [0, 0.05) is 18.3 Å². The van der Waals surface area contributed by atoms with Crippen molar-refractivity contribution >= 4 is 17.8 Å². The Hall–Kier alpha value is -2.62. The molecule has 2 aromatic rings. The van der Waals surface area contributed by atoms with Gasteiger partial charge in [-0.15, -0.1) is 0 Å². The maximum atomic E-state index is 12.9. The summed E-state index contributed by atoms with van der Waals surface area (Å²) in [5, 5.41) is 0. The summed E-state index contributed by atoms with van der Waals surface area (Å²) in [6.07, 6.45) is 10.9. The van der Waals surface area contributed by atoms with Crippen molar-refractivity contribution in [3.05, 3.63) is 60.3 Å². The third-order valence-corrected chi connectivity index (χ3v) is 4.59. The number of anilines is 1. The fourth-order valence-corrected chi connectivity index (χ4v) is 3.31. The number of carbonyl (C=O) groups is 1. The number of carbonyl (C=O) groups excluding carboxylic acids is 1. The van der Waals surface area contributed by atoms with E-state index in [4.69, 9.17) is 4.74 Å². The average molecular weight is 336 g/mol. The Labute approximate surface area is 149 Å². The Balaban J connectivity index is 1.82. The molecule has 3 rings (SSSR count). The minimum absolute atomic E-state index is 0.0200. The number of ether oxygens (including phenoxy) is 1. The zero-order valence-electron chi connectivity index (χ0n) is 14.6. The second-order valence-electron chi connectivity index (χ2n) is 6.30. The molecule has 1 aliphatic rings. The molecule has 1 saturated carbocycles. The van der Waals surface area contributed by atoms with E-state index in [1.165, 1.54) is 19.3 Å². The maximum Gasteiger partial charge on any atom is 0.252 e. The summed E-state index contributed by atoms with van der Waals surface area (Å²) in [5.41, 5.74) is 0.942. The van der Waals surface area contributed by atoms with Crippen molar-refractivity contribution in [1.29, 1.82) is 0 Å². The molecule has 0 aliphatic heterocycles. The lowest BCUT2D eigenvalue weighted by atomic mass is 9.94. The number of amides is 1. The van der Waals surface area contributed by atoms with Crippen molar-refractivity contribution in [3.8, 4) is 5.75 Å². The van der Waals surface area contributed by atoms with Gasteiger partial charge in [0.05, 0.1) is 7.11 Å². The van der Waals surface area contributed by atoms with Crippen LogP contribution in [0.25, 0.3) is 6.08 Å². The first-order valence-electron chi connectivity index (χ1n) is 8.84. The lowest BCUT2D eigenvalue weighted by Gasteiger charge is -2.32. The molecule has 4 heteroatoms. The van der Waals surface area contributed by atoms with Gasteiger partial charge in [0.25, 0.3) is 5.91 Å². The molecule has 1 fully saturated rings. The van der Waals surface area contributed by atoms with Crippen LogP contribution in [0.1, 0.15) is 37.7 Å². The number of methoxy groups -OCH3 is 1. The summed E-state index contributed by atoms with van der Waals surface area (Å²) >= 11 is 0. The number of pyridine rings is 1. The van der Waals surface area contributed by atoms with Gasteiger partial charge in [0.1, 0.15) is 11.6 Å². The Morgan fingerprint density at radius 1 is 1.16 bits per heavy atom. The quantitative estimate of drug-likeness (QED) is 0.757. The summed E-state index contributed by atoms with van der Waals surface area (Å²) < 4.78 is 5.23. The van der Waals surface area contributed by atoms with E-state index in [0.29, 0.717) is 0 Å². The molecule has 130 valence electrons. The molecular weight excluding hydrogens is 312 g/mol. The van der Waals surface area contributed by atoms with E-state index in [1.807, 2.05) is 53.4 Å². The van der Waals surface area contributed by atoms with Crippen molar-refractivity contribution < 1.29 is 9.53 Å². The summed E-state index contributed by atoms with van der Waals surface area (Å²) in [6.45, 7) is 0. The molecule has 0 unspecified atom stereocenters. The fourth-order valence-electron chi connectivity index (χ4n) is 3.31. The summed E-state index contributed by atoms with van der Waals surface area (Å²) in [6, 6.07) is 13.6. The molecule has 1 heterocycles. The number of aromatic nitrogens is 1. The molecule has 1 amide bonds. The third kappa shape index (κ3) is 4.47. The highest BCUT2D eigenvalue weighted by atomic mass is 16.5. The molecule has 0 saturated heterocycles. The first-order valence-corrected chi connectivity index (χ1v) is 8.84. The molecule has 0 atom stereocenters. The van der Waals surface area contributed by atoms with Gasteiger partial charge in [-0.2, -0.15) is 0 Å². The largest absolute Gasteiger partial charge is 0.497 e. The Morgan fingerprint density at radius 2 is 2.00 bits per heavy atom. The molecule has 4 nitrogen and oxygen atoms in total. The predicted octanol–water partition coefficient (Wildman–Crippen LogP) is 4.47. The van der Waals surface area contributed by atoms with Crippen LogP contribution in [0.3, 0.4) is 0 Å². The van der Waals surface area contributed by atoms with Gasteiger partial charge in [0.2, 0.25) is 0 Å². The number of rotatable bonds is 5. The van der Waals surface area contributed by atoms with Gasteiger partial charge in [-0.05, 0) is 48.7 Å². The van der Waals surface area contributed by atoms with Crippen LogP contribution in [-0.2, 0) is 4.79 Å². The van der Waals surface area contributed by atoms with Gasteiger partial charge < -0.3 is 4.74 Å². The number of nitrogens with zero attached hydrogens (tertiary/aromatic N) is 2. The van der Waals surface area contributed by atoms with Crippen LogP contribution in [-0.4, -0.2) is 24.0 Å². The van der Waals surface area contributed by atoms with E-state index in [9.17, 15) is 4.79 Å². The molecule has 1 aromatic heterocycles. The van der Waals surface area contributed by atoms with Crippen LogP contribution in [0.15, 0.2) is 54.7 Å². The van der Waals surface area contributed by atoms with E-state index in [1.54, 1.807) is 19.4 Å². The van der Waals surface area contributed by atoms with Crippen LogP contribution in [0.4, 0.5) is 5.82 Å². The standard InChI is InChI=1S/C21H24N2O2/c1-25-19-11-7-8-17(16-19)13-14-21(24)23(18-9-3-2-4-10-18)20-12-5-6-15-22-20/h5-8,11-16,18H,2-4,9-10H2,1H3/b14-13+. The van der Waals surface area contributed by atoms with Gasteiger partial charge >= 0.3 is 0 Å². The van der Waals surface area contributed by atoms with Crippen LogP contribution >= 0.6 is 0 Å². The van der Waals surface area contributed by atoms with Crippen molar-refractivity contribution in [1.82, 2.24) is 4.98 Å². The lowest BCUT2D eigenvalue weighted by Crippen LogP contribution is -2.41. The summed E-state index contributed by atoms with van der Waals surface area (Å²) in [5.74, 6) is 1.49. The second-order valence-corrected chi connectivity index (χ2v) is 6.30. The zero-order chi connectivity index (χ0) is 17.5. The van der Waals surface area contributed by atoms with Crippen LogP contribution in [0.5, 0.6) is 5.75 Å². The highest BCUT2D eigenvalue weighted by Gasteiger charge is 2.26. The first-order chi connectivity index (χ1) is 12.3. The van der Waals surface area contributed by atoms with Gasteiger partial charge in [0.15, 0.2) is 0 Å². The predicted molar refractivity (Wildman–Crippen MR) is 101 cm³/mol. The molecule has 0 spiro atoms. The zero-order valence-corrected chi connectivity index (χ0v) is 14.6. The topological polar surface area (TPSA) is 42.4 Å².